The van der Waals surface area contributed by atoms with Crippen molar-refractivity contribution in [3.63, 3.8) is 0 Å². The van der Waals surface area contributed by atoms with Crippen LogP contribution in [0.1, 0.15) is 47.8 Å². The quantitative estimate of drug-likeness (QED) is 0.628. The van der Waals surface area contributed by atoms with Gasteiger partial charge in [-0.3, -0.25) is 4.79 Å². The summed E-state index contributed by atoms with van der Waals surface area (Å²) in [5.74, 6) is -0.810. The van der Waals surface area contributed by atoms with E-state index in [0.717, 1.165) is 25.3 Å². The molecule has 2 heterocycles. The molecule has 0 saturated carbocycles. The highest BCUT2D eigenvalue weighted by molar-refractivity contribution is 5.93. The van der Waals surface area contributed by atoms with Gasteiger partial charge in [0.05, 0.1) is 11.1 Å². The lowest BCUT2D eigenvalue weighted by molar-refractivity contribution is -0.143. The van der Waals surface area contributed by atoms with Crippen molar-refractivity contribution < 1.29 is 35.7 Å². The third-order valence-electron chi connectivity index (χ3n) is 4.67. The van der Waals surface area contributed by atoms with Crippen LogP contribution in [-0.2, 0) is 12.4 Å². The number of rotatable bonds is 2. The zero-order valence-electron chi connectivity index (χ0n) is 14.7. The molecule has 0 aliphatic carbocycles. The molecule has 1 amide bonds. The van der Waals surface area contributed by atoms with Gasteiger partial charge < -0.3 is 9.42 Å². The molecular formula is C18H16F6N2O2. The lowest BCUT2D eigenvalue weighted by Crippen LogP contribution is -2.42. The van der Waals surface area contributed by atoms with E-state index in [0.29, 0.717) is 18.7 Å². The number of alkyl halides is 6. The number of carbonyl (C=O) groups excluding carboxylic acids is 1. The summed E-state index contributed by atoms with van der Waals surface area (Å²) in [6, 6.07) is 2.13. The molecule has 4 nitrogen and oxygen atoms in total. The molecule has 152 valence electrons. The molecule has 1 saturated heterocycles. The highest BCUT2D eigenvalue weighted by Crippen LogP contribution is 2.38. The van der Waals surface area contributed by atoms with Crippen LogP contribution in [0.2, 0.25) is 0 Å². The number of hydrogen-bond donors (Lipinski definition) is 0. The number of nitrogens with zero attached hydrogens (tertiary/aromatic N) is 2. The van der Waals surface area contributed by atoms with Gasteiger partial charge in [-0.2, -0.15) is 26.3 Å². The van der Waals surface area contributed by atoms with Gasteiger partial charge in [0.2, 0.25) is 0 Å². The number of carbonyl (C=O) groups is 1. The molecule has 1 unspecified atom stereocenters. The maximum atomic E-state index is 13.0. The zero-order valence-corrected chi connectivity index (χ0v) is 14.7. The van der Waals surface area contributed by atoms with Crippen molar-refractivity contribution in [3.05, 3.63) is 41.1 Å². The van der Waals surface area contributed by atoms with Crippen LogP contribution >= 0.6 is 0 Å². The summed E-state index contributed by atoms with van der Waals surface area (Å²) in [5.41, 5.74) is -3.55. The third-order valence-corrected chi connectivity index (χ3v) is 4.67. The Morgan fingerprint density at radius 1 is 1.04 bits per heavy atom. The van der Waals surface area contributed by atoms with Gasteiger partial charge in [-0.1, -0.05) is 5.16 Å². The van der Waals surface area contributed by atoms with E-state index in [1.54, 1.807) is 4.90 Å². The molecule has 2 aromatic rings. The van der Waals surface area contributed by atoms with E-state index in [1.165, 1.54) is 0 Å². The molecule has 10 heteroatoms. The van der Waals surface area contributed by atoms with Crippen LogP contribution < -0.4 is 0 Å². The van der Waals surface area contributed by atoms with Crippen molar-refractivity contribution in [3.8, 4) is 11.3 Å². The minimum absolute atomic E-state index is 0.0291. The van der Waals surface area contributed by atoms with Crippen molar-refractivity contribution in [2.24, 2.45) is 0 Å². The zero-order chi connectivity index (χ0) is 20.7. The molecule has 1 aliphatic rings. The van der Waals surface area contributed by atoms with Gasteiger partial charge in [-0.05, 0) is 44.4 Å². The van der Waals surface area contributed by atoms with E-state index in [2.05, 4.69) is 5.16 Å². The molecule has 1 aromatic heterocycles. The molecule has 1 atom stereocenters. The van der Waals surface area contributed by atoms with Crippen molar-refractivity contribution in [2.75, 3.05) is 6.54 Å². The van der Waals surface area contributed by atoms with E-state index in [1.807, 2.05) is 6.92 Å². The van der Waals surface area contributed by atoms with Crippen molar-refractivity contribution >= 4 is 5.91 Å². The van der Waals surface area contributed by atoms with Crippen LogP contribution in [0.3, 0.4) is 0 Å². The summed E-state index contributed by atoms with van der Waals surface area (Å²) in [5, 5.41) is 3.56. The van der Waals surface area contributed by atoms with E-state index in [-0.39, 0.29) is 23.6 Å². The summed E-state index contributed by atoms with van der Waals surface area (Å²) in [7, 11) is 0. The summed E-state index contributed by atoms with van der Waals surface area (Å²) in [6.07, 6.45) is -7.36. The SMILES string of the molecule is CC1CCCCN1C(=O)c1cc(-c2cc(C(F)(F)F)cc(C(F)(F)F)c2)on1. The molecule has 1 aliphatic heterocycles. The normalized spacial score (nSPS) is 18.4. The standard InChI is InChI=1S/C18H16F6N2O2/c1-10-4-2-3-5-26(10)16(27)14-9-15(28-25-14)11-6-12(17(19,20)21)8-13(7-11)18(22,23)24/h6-10H,2-5H2,1H3. The summed E-state index contributed by atoms with van der Waals surface area (Å²) in [6.45, 7) is 2.37. The molecule has 0 spiro atoms. The average Bonchev–Trinajstić information content (AvgIpc) is 3.10. The molecule has 0 bridgehead atoms. The number of aromatic nitrogens is 1. The van der Waals surface area contributed by atoms with Gasteiger partial charge >= 0.3 is 12.4 Å². The lowest BCUT2D eigenvalue weighted by Gasteiger charge is -2.32. The Balaban J connectivity index is 1.97. The predicted octanol–water partition coefficient (Wildman–Crippen LogP) is 5.39. The van der Waals surface area contributed by atoms with E-state index in [4.69, 9.17) is 4.52 Å². The highest BCUT2D eigenvalue weighted by Gasteiger charge is 2.37. The Hall–Kier alpha value is -2.52. The van der Waals surface area contributed by atoms with Crippen LogP contribution in [0.5, 0.6) is 0 Å². The van der Waals surface area contributed by atoms with Crippen LogP contribution in [0.25, 0.3) is 11.3 Å². The first-order valence-corrected chi connectivity index (χ1v) is 8.54. The number of hydrogen-bond acceptors (Lipinski definition) is 3. The Bertz CT molecular complexity index is 839. The van der Waals surface area contributed by atoms with Gasteiger partial charge in [0, 0.05) is 24.2 Å². The first-order chi connectivity index (χ1) is 13.0. The topological polar surface area (TPSA) is 46.3 Å². The average molecular weight is 406 g/mol. The highest BCUT2D eigenvalue weighted by atomic mass is 19.4. The Labute approximate surface area is 156 Å². The maximum Gasteiger partial charge on any atom is 0.416 e. The van der Waals surface area contributed by atoms with Crippen LogP contribution in [0.4, 0.5) is 26.3 Å². The monoisotopic (exact) mass is 406 g/mol. The fraction of sp³-hybridized carbons (Fsp3) is 0.444. The maximum absolute atomic E-state index is 13.0. The number of piperidine rings is 1. The van der Waals surface area contributed by atoms with Crippen molar-refractivity contribution in [1.29, 1.82) is 0 Å². The second-order valence-electron chi connectivity index (χ2n) is 6.71. The number of likely N-dealkylation sites (tertiary alicyclic amines) is 1. The van der Waals surface area contributed by atoms with Gasteiger partial charge in [-0.25, -0.2) is 0 Å². The van der Waals surface area contributed by atoms with E-state index in [9.17, 15) is 31.1 Å². The smallest absolute Gasteiger partial charge is 0.355 e. The van der Waals surface area contributed by atoms with Crippen molar-refractivity contribution in [2.45, 2.75) is 44.6 Å². The minimum Gasteiger partial charge on any atom is -0.355 e. The van der Waals surface area contributed by atoms with Gasteiger partial charge in [0.1, 0.15) is 0 Å². The number of amides is 1. The van der Waals surface area contributed by atoms with Crippen molar-refractivity contribution in [1.82, 2.24) is 10.1 Å². The van der Waals surface area contributed by atoms with Gasteiger partial charge in [0.25, 0.3) is 5.91 Å². The Morgan fingerprint density at radius 3 is 2.18 bits per heavy atom. The molecule has 0 N–H and O–H groups in total. The first-order valence-electron chi connectivity index (χ1n) is 8.54. The summed E-state index contributed by atoms with van der Waals surface area (Å²) in [4.78, 5) is 14.1. The van der Waals surface area contributed by atoms with E-state index < -0.39 is 35.0 Å². The Morgan fingerprint density at radius 2 is 1.64 bits per heavy atom. The number of halogens is 6. The molecule has 1 fully saturated rings. The Kier molecular flexibility index (Phi) is 5.16. The second-order valence-corrected chi connectivity index (χ2v) is 6.71. The fourth-order valence-corrected chi connectivity index (χ4v) is 3.16. The number of benzene rings is 1. The van der Waals surface area contributed by atoms with Gasteiger partial charge in [-0.15, -0.1) is 0 Å². The predicted molar refractivity (Wildman–Crippen MR) is 86.3 cm³/mol. The lowest BCUT2D eigenvalue weighted by atomic mass is 10.0. The minimum atomic E-state index is -4.97. The summed E-state index contributed by atoms with van der Waals surface area (Å²) >= 11 is 0. The third kappa shape index (κ3) is 4.15. The first kappa shape index (κ1) is 20.2. The fourth-order valence-electron chi connectivity index (χ4n) is 3.16. The van der Waals surface area contributed by atoms with Crippen LogP contribution in [0, 0.1) is 0 Å². The van der Waals surface area contributed by atoms with E-state index >= 15 is 0 Å². The molecular weight excluding hydrogens is 390 g/mol. The molecule has 3 rings (SSSR count). The second kappa shape index (κ2) is 7.14. The van der Waals surface area contributed by atoms with Crippen LogP contribution in [0.15, 0.2) is 28.8 Å². The van der Waals surface area contributed by atoms with Gasteiger partial charge in [0.15, 0.2) is 11.5 Å². The molecule has 1 aromatic carbocycles. The molecule has 28 heavy (non-hydrogen) atoms. The summed E-state index contributed by atoms with van der Waals surface area (Å²) < 4.78 is 82.9. The largest absolute Gasteiger partial charge is 0.416 e. The molecule has 0 radical (unpaired) electrons. The van der Waals surface area contributed by atoms with Crippen LogP contribution in [-0.4, -0.2) is 28.6 Å².